The number of aromatic nitrogens is 1. The Labute approximate surface area is 112 Å². The van der Waals surface area contributed by atoms with Gasteiger partial charge in [-0.1, -0.05) is 13.0 Å². The van der Waals surface area contributed by atoms with Gasteiger partial charge in [0.25, 0.3) is 0 Å². The third kappa shape index (κ3) is 3.09. The lowest BCUT2D eigenvalue weighted by Gasteiger charge is -2.15. The summed E-state index contributed by atoms with van der Waals surface area (Å²) in [6.45, 7) is 2.83. The molecule has 0 bridgehead atoms. The fourth-order valence-corrected chi connectivity index (χ4v) is 2.68. The SMILES string of the molecule is CCCOc1cncc(C(NC)c2cccs2)c1. The van der Waals surface area contributed by atoms with Crippen LogP contribution in [0, 0.1) is 0 Å². The van der Waals surface area contributed by atoms with Gasteiger partial charge in [0.15, 0.2) is 0 Å². The predicted octanol–water partition coefficient (Wildman–Crippen LogP) is 3.24. The van der Waals surface area contributed by atoms with Crippen molar-refractivity contribution < 1.29 is 4.74 Å². The van der Waals surface area contributed by atoms with Crippen LogP contribution in [0.25, 0.3) is 0 Å². The number of ether oxygens (including phenoxy) is 1. The Kier molecular flexibility index (Phi) is 4.73. The predicted molar refractivity (Wildman–Crippen MR) is 75.2 cm³/mol. The van der Waals surface area contributed by atoms with Gasteiger partial charge in [-0.2, -0.15) is 0 Å². The Bertz CT molecular complexity index is 470. The van der Waals surface area contributed by atoms with E-state index in [4.69, 9.17) is 4.74 Å². The van der Waals surface area contributed by atoms with E-state index in [1.807, 2.05) is 13.2 Å². The van der Waals surface area contributed by atoms with Gasteiger partial charge in [0.05, 0.1) is 18.8 Å². The number of pyridine rings is 1. The van der Waals surface area contributed by atoms with Gasteiger partial charge in [0.2, 0.25) is 0 Å². The van der Waals surface area contributed by atoms with Crippen LogP contribution in [-0.2, 0) is 0 Å². The molecular weight excluding hydrogens is 244 g/mol. The number of nitrogens with one attached hydrogen (secondary N) is 1. The van der Waals surface area contributed by atoms with Crippen LogP contribution in [0.2, 0.25) is 0 Å². The number of hydrogen-bond acceptors (Lipinski definition) is 4. The molecule has 1 atom stereocenters. The topological polar surface area (TPSA) is 34.1 Å². The van der Waals surface area contributed by atoms with Gasteiger partial charge in [-0.15, -0.1) is 11.3 Å². The number of hydrogen-bond donors (Lipinski definition) is 1. The van der Waals surface area contributed by atoms with Crippen LogP contribution in [0.3, 0.4) is 0 Å². The Morgan fingerprint density at radius 1 is 1.44 bits per heavy atom. The minimum atomic E-state index is 0.183. The highest BCUT2D eigenvalue weighted by Crippen LogP contribution is 2.27. The lowest BCUT2D eigenvalue weighted by molar-refractivity contribution is 0.315. The molecule has 3 nitrogen and oxygen atoms in total. The number of rotatable bonds is 6. The Morgan fingerprint density at radius 2 is 2.33 bits per heavy atom. The van der Waals surface area contributed by atoms with Crippen molar-refractivity contribution in [2.24, 2.45) is 0 Å². The summed E-state index contributed by atoms with van der Waals surface area (Å²) in [6.07, 6.45) is 4.66. The van der Waals surface area contributed by atoms with E-state index in [1.54, 1.807) is 17.5 Å². The highest BCUT2D eigenvalue weighted by atomic mass is 32.1. The van der Waals surface area contributed by atoms with Crippen molar-refractivity contribution in [1.82, 2.24) is 10.3 Å². The highest BCUT2D eigenvalue weighted by Gasteiger charge is 2.13. The van der Waals surface area contributed by atoms with E-state index in [-0.39, 0.29) is 6.04 Å². The molecule has 0 spiro atoms. The monoisotopic (exact) mass is 262 g/mol. The molecule has 0 aliphatic carbocycles. The summed E-state index contributed by atoms with van der Waals surface area (Å²) in [4.78, 5) is 5.54. The molecule has 2 rings (SSSR count). The van der Waals surface area contributed by atoms with Crippen molar-refractivity contribution in [1.29, 1.82) is 0 Å². The third-order valence-electron chi connectivity index (χ3n) is 2.66. The average molecular weight is 262 g/mol. The molecule has 0 saturated heterocycles. The van der Waals surface area contributed by atoms with E-state index < -0.39 is 0 Å². The summed E-state index contributed by atoms with van der Waals surface area (Å²) >= 11 is 1.74. The molecule has 2 heterocycles. The van der Waals surface area contributed by atoms with Crippen LogP contribution in [0.15, 0.2) is 36.0 Å². The molecule has 18 heavy (non-hydrogen) atoms. The number of nitrogens with zero attached hydrogens (tertiary/aromatic N) is 1. The fraction of sp³-hybridized carbons (Fsp3) is 0.357. The van der Waals surface area contributed by atoms with Gasteiger partial charge in [-0.25, -0.2) is 0 Å². The van der Waals surface area contributed by atoms with Gasteiger partial charge >= 0.3 is 0 Å². The molecule has 0 aromatic carbocycles. The molecule has 0 aliphatic rings. The normalized spacial score (nSPS) is 12.3. The molecular formula is C14H18N2OS. The lowest BCUT2D eigenvalue weighted by Crippen LogP contribution is -2.16. The minimum Gasteiger partial charge on any atom is -0.492 e. The summed E-state index contributed by atoms with van der Waals surface area (Å²) < 4.78 is 5.62. The van der Waals surface area contributed by atoms with Crippen molar-refractivity contribution in [3.63, 3.8) is 0 Å². The van der Waals surface area contributed by atoms with Crippen LogP contribution < -0.4 is 10.1 Å². The molecule has 1 N–H and O–H groups in total. The van der Waals surface area contributed by atoms with Gasteiger partial charge in [-0.05, 0) is 36.5 Å². The maximum absolute atomic E-state index is 5.62. The Morgan fingerprint density at radius 3 is 3.00 bits per heavy atom. The highest BCUT2D eigenvalue weighted by molar-refractivity contribution is 7.10. The first-order valence-corrected chi connectivity index (χ1v) is 7.01. The minimum absolute atomic E-state index is 0.183. The zero-order valence-corrected chi connectivity index (χ0v) is 11.5. The van der Waals surface area contributed by atoms with Crippen molar-refractivity contribution in [3.05, 3.63) is 46.4 Å². The van der Waals surface area contributed by atoms with E-state index >= 15 is 0 Å². The van der Waals surface area contributed by atoms with Crippen LogP contribution in [0.5, 0.6) is 5.75 Å². The largest absolute Gasteiger partial charge is 0.492 e. The quantitative estimate of drug-likeness (QED) is 0.867. The molecule has 0 saturated carbocycles. The molecule has 0 fully saturated rings. The summed E-state index contributed by atoms with van der Waals surface area (Å²) in [6, 6.07) is 6.44. The molecule has 96 valence electrons. The molecule has 4 heteroatoms. The van der Waals surface area contributed by atoms with E-state index in [1.165, 1.54) is 4.88 Å². The van der Waals surface area contributed by atoms with Crippen molar-refractivity contribution in [3.8, 4) is 5.75 Å². The van der Waals surface area contributed by atoms with E-state index in [9.17, 15) is 0 Å². The first-order valence-electron chi connectivity index (χ1n) is 6.13. The summed E-state index contributed by atoms with van der Waals surface area (Å²) in [7, 11) is 1.96. The zero-order chi connectivity index (χ0) is 12.8. The van der Waals surface area contributed by atoms with E-state index in [0.717, 1.165) is 24.3 Å². The van der Waals surface area contributed by atoms with Crippen molar-refractivity contribution >= 4 is 11.3 Å². The second-order valence-corrected chi connectivity index (χ2v) is 5.02. The molecule has 0 radical (unpaired) electrons. The fourth-order valence-electron chi connectivity index (χ4n) is 1.82. The van der Waals surface area contributed by atoms with Crippen LogP contribution in [0.1, 0.15) is 29.8 Å². The maximum Gasteiger partial charge on any atom is 0.137 e. The van der Waals surface area contributed by atoms with Gasteiger partial charge in [0, 0.05) is 11.1 Å². The van der Waals surface area contributed by atoms with Crippen molar-refractivity contribution in [2.45, 2.75) is 19.4 Å². The average Bonchev–Trinajstić information content (AvgIpc) is 2.92. The lowest BCUT2D eigenvalue weighted by atomic mass is 10.1. The zero-order valence-electron chi connectivity index (χ0n) is 10.7. The third-order valence-corrected chi connectivity index (χ3v) is 3.59. The van der Waals surface area contributed by atoms with Gasteiger partial charge in [0.1, 0.15) is 5.75 Å². The summed E-state index contributed by atoms with van der Waals surface area (Å²) in [5.41, 5.74) is 1.13. The van der Waals surface area contributed by atoms with Gasteiger partial charge < -0.3 is 10.1 Å². The van der Waals surface area contributed by atoms with Crippen LogP contribution in [-0.4, -0.2) is 18.6 Å². The number of thiophene rings is 1. The van der Waals surface area contributed by atoms with Gasteiger partial charge in [-0.3, -0.25) is 4.98 Å². The Hall–Kier alpha value is -1.39. The summed E-state index contributed by atoms with van der Waals surface area (Å²) in [5, 5.41) is 5.41. The first-order chi connectivity index (χ1) is 8.85. The second-order valence-electron chi connectivity index (χ2n) is 4.04. The second kappa shape index (κ2) is 6.52. The van der Waals surface area contributed by atoms with E-state index in [0.29, 0.717) is 0 Å². The standard InChI is InChI=1S/C14H18N2OS/c1-3-6-17-12-8-11(9-16-10-12)14(15-2)13-5-4-7-18-13/h4-5,7-10,14-15H,3,6H2,1-2H3. The van der Waals surface area contributed by atoms with E-state index in [2.05, 4.69) is 40.8 Å². The molecule has 2 aromatic heterocycles. The molecule has 0 amide bonds. The summed E-state index contributed by atoms with van der Waals surface area (Å²) in [5.74, 6) is 0.839. The molecule has 2 aromatic rings. The Balaban J connectivity index is 2.20. The van der Waals surface area contributed by atoms with Crippen molar-refractivity contribution in [2.75, 3.05) is 13.7 Å². The smallest absolute Gasteiger partial charge is 0.137 e. The maximum atomic E-state index is 5.62. The molecule has 1 unspecified atom stereocenters. The van der Waals surface area contributed by atoms with Crippen LogP contribution >= 0.6 is 11.3 Å². The first kappa shape index (κ1) is 13.1. The van der Waals surface area contributed by atoms with Crippen LogP contribution in [0.4, 0.5) is 0 Å². The molecule has 0 aliphatic heterocycles.